The molecule has 4 aromatic rings. The van der Waals surface area contributed by atoms with Gasteiger partial charge in [0.1, 0.15) is 0 Å². The van der Waals surface area contributed by atoms with Crippen LogP contribution in [0.5, 0.6) is 0 Å². The zero-order chi connectivity index (χ0) is 23.2. The molecule has 0 bridgehead atoms. The molecule has 0 spiro atoms. The molecule has 0 amide bonds. The number of benzene rings is 2. The predicted molar refractivity (Wildman–Crippen MR) is 132 cm³/mol. The molecule has 10 heteroatoms. The quantitative estimate of drug-likeness (QED) is 0.299. The minimum Gasteiger partial charge on any atom is -0.465 e. The van der Waals surface area contributed by atoms with E-state index >= 15 is 0 Å². The molecule has 0 aliphatic rings. The van der Waals surface area contributed by atoms with Crippen molar-refractivity contribution in [1.29, 1.82) is 0 Å². The van der Waals surface area contributed by atoms with Crippen LogP contribution in [-0.2, 0) is 17.8 Å². The summed E-state index contributed by atoms with van der Waals surface area (Å²) >= 11 is 11.6. The summed E-state index contributed by atoms with van der Waals surface area (Å²) in [6, 6.07) is 16.7. The first-order valence-corrected chi connectivity index (χ1v) is 10.8. The Balaban J connectivity index is 1.35. The van der Waals surface area contributed by atoms with Gasteiger partial charge < -0.3 is 15.4 Å². The second kappa shape index (κ2) is 10.3. The lowest BCUT2D eigenvalue weighted by Gasteiger charge is -2.08. The number of carbonyl (C=O) groups excluding carboxylic acids is 1. The summed E-state index contributed by atoms with van der Waals surface area (Å²) in [7, 11) is 1.36. The van der Waals surface area contributed by atoms with Crippen molar-refractivity contribution >= 4 is 46.4 Å². The molecule has 0 saturated heterocycles. The number of methoxy groups -OCH3 is 1. The number of anilines is 2. The number of nitrogens with zero attached hydrogens (tertiary/aromatic N) is 4. The standard InChI is InChI=1S/C23H21ClN6O2S/c1-32-22(31)19-8-4-2-6-16(19)13-30-15-18(12-25-30)26-23(33)27-21-10-11-29(28-21)14-17-7-3-5-9-20(17)24/h2-12,15H,13-14H2,1H3,(H2,26,27,28,33). The molecule has 0 fully saturated rings. The van der Waals surface area contributed by atoms with E-state index in [1.807, 2.05) is 48.7 Å². The van der Waals surface area contributed by atoms with Crippen LogP contribution in [0.2, 0.25) is 5.02 Å². The molecule has 0 aliphatic heterocycles. The number of thiocarbonyl (C=S) groups is 1. The molecule has 2 aromatic heterocycles. The van der Waals surface area contributed by atoms with Gasteiger partial charge >= 0.3 is 5.97 Å². The van der Waals surface area contributed by atoms with Crippen LogP contribution in [0.4, 0.5) is 11.5 Å². The van der Waals surface area contributed by atoms with E-state index in [0.29, 0.717) is 40.3 Å². The number of ether oxygens (including phenoxy) is 1. The largest absolute Gasteiger partial charge is 0.465 e. The van der Waals surface area contributed by atoms with E-state index in [2.05, 4.69) is 20.8 Å². The van der Waals surface area contributed by atoms with E-state index in [0.717, 1.165) is 11.1 Å². The maximum atomic E-state index is 12.0. The van der Waals surface area contributed by atoms with Crippen LogP contribution < -0.4 is 10.6 Å². The molecule has 0 unspecified atom stereocenters. The predicted octanol–water partition coefficient (Wildman–Crippen LogP) is 4.43. The lowest BCUT2D eigenvalue weighted by molar-refractivity contribution is 0.0599. The van der Waals surface area contributed by atoms with E-state index in [9.17, 15) is 4.79 Å². The highest BCUT2D eigenvalue weighted by Crippen LogP contribution is 2.17. The van der Waals surface area contributed by atoms with Crippen LogP contribution in [0.25, 0.3) is 0 Å². The van der Waals surface area contributed by atoms with Crippen molar-refractivity contribution < 1.29 is 9.53 Å². The third-order valence-corrected chi connectivity index (χ3v) is 5.39. The number of hydrogen-bond donors (Lipinski definition) is 2. The van der Waals surface area contributed by atoms with E-state index in [-0.39, 0.29) is 5.97 Å². The van der Waals surface area contributed by atoms with E-state index in [1.165, 1.54) is 7.11 Å². The molecular weight excluding hydrogens is 460 g/mol. The van der Waals surface area contributed by atoms with Gasteiger partial charge in [0.15, 0.2) is 10.9 Å². The second-order valence-corrected chi connectivity index (χ2v) is 7.96. The van der Waals surface area contributed by atoms with Crippen molar-refractivity contribution in [2.45, 2.75) is 13.1 Å². The van der Waals surface area contributed by atoms with Crippen molar-refractivity contribution in [3.8, 4) is 0 Å². The summed E-state index contributed by atoms with van der Waals surface area (Å²) in [4.78, 5) is 12.0. The van der Waals surface area contributed by atoms with Gasteiger partial charge in [-0.25, -0.2) is 4.79 Å². The Morgan fingerprint density at radius 3 is 2.55 bits per heavy atom. The van der Waals surface area contributed by atoms with Crippen molar-refractivity contribution in [1.82, 2.24) is 19.6 Å². The smallest absolute Gasteiger partial charge is 0.338 e. The fourth-order valence-corrected chi connectivity index (χ4v) is 3.67. The maximum absolute atomic E-state index is 12.0. The average molecular weight is 481 g/mol. The molecule has 2 N–H and O–H groups in total. The normalized spacial score (nSPS) is 10.6. The molecule has 2 heterocycles. The molecule has 0 saturated carbocycles. The number of carbonyl (C=O) groups is 1. The fourth-order valence-electron chi connectivity index (χ4n) is 3.25. The minimum absolute atomic E-state index is 0.379. The summed E-state index contributed by atoms with van der Waals surface area (Å²) in [6.07, 6.45) is 5.31. The molecule has 168 valence electrons. The molecule has 33 heavy (non-hydrogen) atoms. The topological polar surface area (TPSA) is 86.0 Å². The highest BCUT2D eigenvalue weighted by molar-refractivity contribution is 7.80. The van der Waals surface area contributed by atoms with Crippen LogP contribution in [0.3, 0.4) is 0 Å². The Morgan fingerprint density at radius 1 is 1.03 bits per heavy atom. The van der Waals surface area contributed by atoms with Crippen molar-refractivity contribution in [3.05, 3.63) is 94.9 Å². The molecule has 0 radical (unpaired) electrons. The minimum atomic E-state index is -0.379. The number of hydrogen-bond acceptors (Lipinski definition) is 5. The number of nitrogens with one attached hydrogen (secondary N) is 2. The Morgan fingerprint density at radius 2 is 1.76 bits per heavy atom. The SMILES string of the molecule is COC(=O)c1ccccc1Cn1cc(NC(=S)Nc2ccn(Cc3ccccc3Cl)n2)cn1. The van der Waals surface area contributed by atoms with Gasteiger partial charge in [-0.2, -0.15) is 10.2 Å². The summed E-state index contributed by atoms with van der Waals surface area (Å²) in [6.45, 7) is 0.973. The zero-order valence-electron chi connectivity index (χ0n) is 17.7. The van der Waals surface area contributed by atoms with Gasteiger partial charge in [-0.1, -0.05) is 48.0 Å². The fraction of sp³-hybridized carbons (Fsp3) is 0.130. The Kier molecular flexibility index (Phi) is 7.01. The third-order valence-electron chi connectivity index (χ3n) is 4.82. The first kappa shape index (κ1) is 22.5. The lowest BCUT2D eigenvalue weighted by Crippen LogP contribution is -2.19. The van der Waals surface area contributed by atoms with Gasteiger partial charge in [-0.05, 0) is 35.5 Å². The Labute approximate surface area is 201 Å². The highest BCUT2D eigenvalue weighted by Gasteiger charge is 2.12. The first-order chi connectivity index (χ1) is 16.0. The van der Waals surface area contributed by atoms with Crippen molar-refractivity contribution in [2.75, 3.05) is 17.7 Å². The molecule has 8 nitrogen and oxygen atoms in total. The molecule has 4 rings (SSSR count). The number of esters is 1. The summed E-state index contributed by atoms with van der Waals surface area (Å²) < 4.78 is 8.34. The number of halogens is 1. The first-order valence-electron chi connectivity index (χ1n) is 10.1. The average Bonchev–Trinajstić information content (AvgIpc) is 3.44. The van der Waals surface area contributed by atoms with Gasteiger partial charge in [0.2, 0.25) is 0 Å². The lowest BCUT2D eigenvalue weighted by atomic mass is 10.1. The van der Waals surface area contributed by atoms with Crippen LogP contribution in [0.15, 0.2) is 73.2 Å². The van der Waals surface area contributed by atoms with E-state index in [1.54, 1.807) is 33.9 Å². The zero-order valence-corrected chi connectivity index (χ0v) is 19.3. The number of rotatable bonds is 7. The summed E-state index contributed by atoms with van der Waals surface area (Å²) in [5, 5.41) is 16.0. The summed E-state index contributed by atoms with van der Waals surface area (Å²) in [5.41, 5.74) is 3.01. The maximum Gasteiger partial charge on any atom is 0.338 e. The van der Waals surface area contributed by atoms with Crippen LogP contribution in [0, 0.1) is 0 Å². The molecule has 0 aliphatic carbocycles. The van der Waals surface area contributed by atoms with Gasteiger partial charge in [0.05, 0.1) is 37.6 Å². The van der Waals surface area contributed by atoms with Gasteiger partial charge in [0, 0.05) is 23.5 Å². The van der Waals surface area contributed by atoms with Gasteiger partial charge in [0.25, 0.3) is 0 Å². The van der Waals surface area contributed by atoms with E-state index < -0.39 is 0 Å². The Hall–Kier alpha value is -3.69. The van der Waals surface area contributed by atoms with Crippen LogP contribution >= 0.6 is 23.8 Å². The number of aromatic nitrogens is 4. The third kappa shape index (κ3) is 5.76. The van der Waals surface area contributed by atoms with Gasteiger partial charge in [-0.3, -0.25) is 9.36 Å². The van der Waals surface area contributed by atoms with E-state index in [4.69, 9.17) is 28.6 Å². The molecular formula is C23H21ClN6O2S. The van der Waals surface area contributed by atoms with Crippen LogP contribution in [-0.4, -0.2) is 37.8 Å². The molecule has 2 aromatic carbocycles. The second-order valence-electron chi connectivity index (χ2n) is 7.14. The summed E-state index contributed by atoms with van der Waals surface area (Å²) in [5.74, 6) is 0.231. The Bertz CT molecular complexity index is 1290. The van der Waals surface area contributed by atoms with Crippen molar-refractivity contribution in [2.24, 2.45) is 0 Å². The van der Waals surface area contributed by atoms with Crippen LogP contribution in [0.1, 0.15) is 21.5 Å². The van der Waals surface area contributed by atoms with Gasteiger partial charge in [-0.15, -0.1) is 0 Å². The van der Waals surface area contributed by atoms with Crippen molar-refractivity contribution in [3.63, 3.8) is 0 Å². The monoisotopic (exact) mass is 480 g/mol. The molecule has 0 atom stereocenters. The highest BCUT2D eigenvalue weighted by atomic mass is 35.5.